The average Bonchev–Trinajstić information content (AvgIpc) is 2.89. The van der Waals surface area contributed by atoms with E-state index in [1.807, 2.05) is 18.2 Å². The van der Waals surface area contributed by atoms with Gasteiger partial charge in [-0.05, 0) is 66.1 Å². The number of pyridine rings is 1. The van der Waals surface area contributed by atoms with Gasteiger partial charge in [0.1, 0.15) is 18.2 Å². The molecule has 4 nitrogen and oxygen atoms in total. The number of methoxy groups -OCH3 is 1. The lowest BCUT2D eigenvalue weighted by Gasteiger charge is -2.24. The van der Waals surface area contributed by atoms with E-state index in [1.165, 1.54) is 12.1 Å². The molecule has 3 aromatic rings. The highest BCUT2D eigenvalue weighted by molar-refractivity contribution is 5.61. The summed E-state index contributed by atoms with van der Waals surface area (Å²) in [7, 11) is 1.66. The summed E-state index contributed by atoms with van der Waals surface area (Å²) in [5, 5.41) is 8.90. The van der Waals surface area contributed by atoms with E-state index < -0.39 is 11.6 Å². The van der Waals surface area contributed by atoms with Crippen molar-refractivity contribution in [2.75, 3.05) is 13.7 Å². The van der Waals surface area contributed by atoms with Crippen molar-refractivity contribution in [2.45, 2.75) is 19.4 Å². The summed E-state index contributed by atoms with van der Waals surface area (Å²) in [5.74, 6) is -0.390. The van der Waals surface area contributed by atoms with Crippen LogP contribution < -0.4 is 4.74 Å². The van der Waals surface area contributed by atoms with Gasteiger partial charge in [0.05, 0.1) is 17.3 Å². The van der Waals surface area contributed by atoms with Gasteiger partial charge in [0.15, 0.2) is 0 Å². The van der Waals surface area contributed by atoms with Crippen LogP contribution in [-0.2, 0) is 17.8 Å². The highest BCUT2D eigenvalue weighted by atomic mass is 19.1. The van der Waals surface area contributed by atoms with Crippen LogP contribution in [0.5, 0.6) is 5.88 Å². The minimum Gasteiger partial charge on any atom is -0.473 e. The molecule has 0 aliphatic heterocycles. The van der Waals surface area contributed by atoms with Crippen LogP contribution >= 0.6 is 0 Å². The Morgan fingerprint density at radius 1 is 0.971 bits per heavy atom. The quantitative estimate of drug-likeness (QED) is 0.361. The maximum absolute atomic E-state index is 15.1. The highest BCUT2D eigenvalue weighted by Gasteiger charge is 2.22. The number of hydrogen-bond donors (Lipinski definition) is 0. The molecule has 2 atom stereocenters. The molecule has 35 heavy (non-hydrogen) atoms. The van der Waals surface area contributed by atoms with Crippen LogP contribution in [0, 0.1) is 34.8 Å². The summed E-state index contributed by atoms with van der Waals surface area (Å²) in [6.45, 7) is 0.857. The summed E-state index contributed by atoms with van der Waals surface area (Å²) in [6.07, 6.45) is 9.30. The molecule has 4 rings (SSSR count). The molecule has 178 valence electrons. The molecule has 0 N–H and O–H groups in total. The van der Waals surface area contributed by atoms with E-state index in [9.17, 15) is 0 Å². The summed E-state index contributed by atoms with van der Waals surface area (Å²) in [4.78, 5) is 4.37. The van der Waals surface area contributed by atoms with Crippen molar-refractivity contribution < 1.29 is 18.3 Å². The second-order valence-corrected chi connectivity index (χ2v) is 8.47. The molecule has 2 unspecified atom stereocenters. The molecule has 1 aromatic heterocycles. The van der Waals surface area contributed by atoms with Crippen LogP contribution in [0.15, 0.2) is 78.9 Å². The van der Waals surface area contributed by atoms with Crippen molar-refractivity contribution >= 4 is 0 Å². The molecule has 1 aliphatic rings. The Hall–Kier alpha value is -3.82. The van der Waals surface area contributed by atoms with Crippen molar-refractivity contribution in [3.8, 4) is 23.2 Å². The Labute approximate surface area is 204 Å². The zero-order valence-electron chi connectivity index (χ0n) is 19.5. The fourth-order valence-electron chi connectivity index (χ4n) is 4.16. The fraction of sp³-hybridized carbons (Fsp3) is 0.241. The van der Waals surface area contributed by atoms with E-state index in [2.05, 4.69) is 17.1 Å². The second-order valence-electron chi connectivity index (χ2n) is 8.47. The standard InChI is InChI=1S/C29H26F2N2O2/c1-34-14-13-22-5-2-3-6-23(22)15-24-16-27(31)25(17-26(24)30)28-7-4-8-29(33-28)35-19-21-11-9-20(18-32)10-12-21/h2-12,16-17,22-23H,13-15,19H2,1H3. The molecule has 6 heteroatoms. The third-order valence-corrected chi connectivity index (χ3v) is 6.09. The van der Waals surface area contributed by atoms with E-state index in [1.54, 1.807) is 49.6 Å². The Kier molecular flexibility index (Phi) is 8.02. The largest absolute Gasteiger partial charge is 0.473 e. The maximum atomic E-state index is 15.1. The summed E-state index contributed by atoms with van der Waals surface area (Å²) in [6, 6.07) is 16.6. The van der Waals surface area contributed by atoms with E-state index in [0.29, 0.717) is 35.7 Å². The van der Waals surface area contributed by atoms with Gasteiger partial charge in [-0.25, -0.2) is 13.8 Å². The van der Waals surface area contributed by atoms with Crippen LogP contribution in [0.3, 0.4) is 0 Å². The number of rotatable bonds is 9. The van der Waals surface area contributed by atoms with Crippen molar-refractivity contribution in [2.24, 2.45) is 11.8 Å². The molecule has 0 saturated carbocycles. The number of allylic oxidation sites excluding steroid dienone is 4. The number of nitriles is 1. The normalized spacial score (nSPS) is 16.7. The molecule has 0 amide bonds. The molecule has 1 heterocycles. The molecular weight excluding hydrogens is 446 g/mol. The molecule has 0 spiro atoms. The lowest BCUT2D eigenvalue weighted by Crippen LogP contribution is -2.18. The van der Waals surface area contributed by atoms with Gasteiger partial charge in [0.2, 0.25) is 5.88 Å². The van der Waals surface area contributed by atoms with Crippen LogP contribution in [0.4, 0.5) is 8.78 Å². The smallest absolute Gasteiger partial charge is 0.214 e. The van der Waals surface area contributed by atoms with Gasteiger partial charge in [-0.15, -0.1) is 0 Å². The first-order valence-electron chi connectivity index (χ1n) is 11.5. The fourth-order valence-corrected chi connectivity index (χ4v) is 4.16. The predicted octanol–water partition coefficient (Wildman–Crippen LogP) is 6.41. The monoisotopic (exact) mass is 472 g/mol. The summed E-state index contributed by atoms with van der Waals surface area (Å²) >= 11 is 0. The summed E-state index contributed by atoms with van der Waals surface area (Å²) in [5.41, 5.74) is 2.16. The maximum Gasteiger partial charge on any atom is 0.214 e. The van der Waals surface area contributed by atoms with Gasteiger partial charge in [-0.3, -0.25) is 0 Å². The number of aromatic nitrogens is 1. The van der Waals surface area contributed by atoms with Crippen LogP contribution in [0.2, 0.25) is 0 Å². The lowest BCUT2D eigenvalue weighted by atomic mass is 9.82. The first-order valence-corrected chi connectivity index (χ1v) is 11.5. The molecule has 0 radical (unpaired) electrons. The Balaban J connectivity index is 1.48. The predicted molar refractivity (Wildman–Crippen MR) is 131 cm³/mol. The molecule has 0 fully saturated rings. The molecular formula is C29H26F2N2O2. The van der Waals surface area contributed by atoms with Crippen molar-refractivity contribution in [3.05, 3.63) is 107 Å². The summed E-state index contributed by atoms with van der Waals surface area (Å²) < 4.78 is 41.1. The van der Waals surface area contributed by atoms with E-state index >= 15 is 8.78 Å². The third kappa shape index (κ3) is 6.20. The van der Waals surface area contributed by atoms with Gasteiger partial charge in [-0.2, -0.15) is 5.26 Å². The lowest BCUT2D eigenvalue weighted by molar-refractivity contribution is 0.176. The van der Waals surface area contributed by atoms with Crippen LogP contribution in [0.25, 0.3) is 11.3 Å². The van der Waals surface area contributed by atoms with E-state index in [4.69, 9.17) is 14.7 Å². The molecule has 2 aromatic carbocycles. The first-order chi connectivity index (χ1) is 17.1. The van der Waals surface area contributed by atoms with Gasteiger partial charge >= 0.3 is 0 Å². The van der Waals surface area contributed by atoms with Crippen LogP contribution in [-0.4, -0.2) is 18.7 Å². The van der Waals surface area contributed by atoms with E-state index in [0.717, 1.165) is 12.0 Å². The number of nitrogens with zero attached hydrogens (tertiary/aromatic N) is 2. The third-order valence-electron chi connectivity index (χ3n) is 6.09. The Morgan fingerprint density at radius 3 is 2.49 bits per heavy atom. The van der Waals surface area contributed by atoms with Gasteiger partial charge in [-0.1, -0.05) is 42.5 Å². The number of benzene rings is 2. The minimum absolute atomic E-state index is 0.0759. The molecule has 1 aliphatic carbocycles. The van der Waals surface area contributed by atoms with Gasteiger partial charge in [0.25, 0.3) is 0 Å². The second kappa shape index (κ2) is 11.5. The zero-order valence-corrected chi connectivity index (χ0v) is 19.5. The topological polar surface area (TPSA) is 55.1 Å². The molecule has 0 saturated heterocycles. The highest BCUT2D eigenvalue weighted by Crippen LogP contribution is 2.31. The number of ether oxygens (including phenoxy) is 2. The van der Waals surface area contributed by atoms with Crippen molar-refractivity contribution in [1.29, 1.82) is 5.26 Å². The van der Waals surface area contributed by atoms with Crippen molar-refractivity contribution in [1.82, 2.24) is 4.98 Å². The van der Waals surface area contributed by atoms with E-state index in [-0.39, 0.29) is 24.0 Å². The number of hydrogen-bond acceptors (Lipinski definition) is 4. The average molecular weight is 473 g/mol. The zero-order chi connectivity index (χ0) is 24.6. The SMILES string of the molecule is COCCC1C=CC=CC1Cc1cc(F)c(-c2cccc(OCc3ccc(C#N)cc3)n2)cc1F. The van der Waals surface area contributed by atoms with Crippen molar-refractivity contribution in [3.63, 3.8) is 0 Å². The molecule has 0 bridgehead atoms. The first kappa shape index (κ1) is 24.3. The van der Waals surface area contributed by atoms with Crippen LogP contribution in [0.1, 0.15) is 23.1 Å². The van der Waals surface area contributed by atoms with Gasteiger partial charge in [0, 0.05) is 25.3 Å². The van der Waals surface area contributed by atoms with Gasteiger partial charge < -0.3 is 9.47 Å². The minimum atomic E-state index is -0.526. The Bertz CT molecular complexity index is 1260. The number of halogens is 2. The Morgan fingerprint density at radius 2 is 1.74 bits per heavy atom.